The van der Waals surface area contributed by atoms with Gasteiger partial charge in [0.25, 0.3) is 0 Å². The van der Waals surface area contributed by atoms with Crippen molar-refractivity contribution in [3.05, 3.63) is 60.5 Å². The Balaban J connectivity index is 1.41. The first-order valence-corrected chi connectivity index (χ1v) is 10.0. The lowest BCUT2D eigenvalue weighted by Gasteiger charge is -2.05. The van der Waals surface area contributed by atoms with Gasteiger partial charge in [0.1, 0.15) is 11.5 Å². The van der Waals surface area contributed by atoms with Crippen molar-refractivity contribution >= 4 is 11.8 Å². The average Bonchev–Trinajstić information content (AvgIpc) is 3.18. The summed E-state index contributed by atoms with van der Waals surface area (Å²) in [5, 5.41) is 8.23. The first kappa shape index (κ1) is 19.3. The van der Waals surface area contributed by atoms with Crippen LogP contribution in [0.1, 0.15) is 12.3 Å². The zero-order chi connectivity index (χ0) is 18.7. The van der Waals surface area contributed by atoms with Crippen molar-refractivity contribution in [3.63, 3.8) is 0 Å². The number of hydrogen-bond donors (Lipinski definition) is 1. The molecule has 0 aliphatic carbocycles. The largest absolute Gasteiger partial charge is 0.494 e. The summed E-state index contributed by atoms with van der Waals surface area (Å²) < 4.78 is 17.0. The van der Waals surface area contributed by atoms with Gasteiger partial charge in [-0.15, -0.1) is 22.0 Å². The molecule has 0 amide bonds. The third-order valence-electron chi connectivity index (χ3n) is 3.65. The van der Waals surface area contributed by atoms with Crippen molar-refractivity contribution < 1.29 is 13.9 Å². The first-order chi connectivity index (χ1) is 13.3. The smallest absolute Gasteiger partial charge is 0.247 e. The van der Waals surface area contributed by atoms with E-state index < -0.39 is 0 Å². The summed E-state index contributed by atoms with van der Waals surface area (Å²) in [6.07, 6.45) is 0.836. The molecular formula is C20H23N3O3S. The Morgan fingerprint density at radius 1 is 0.889 bits per heavy atom. The van der Waals surface area contributed by atoms with Crippen molar-refractivity contribution in [1.29, 1.82) is 0 Å². The molecule has 1 heterocycles. The van der Waals surface area contributed by atoms with Crippen LogP contribution in [0.15, 0.2) is 59.0 Å². The van der Waals surface area contributed by atoms with Gasteiger partial charge in [0.15, 0.2) is 0 Å². The van der Waals surface area contributed by atoms with Crippen LogP contribution in [0.25, 0.3) is 11.5 Å². The van der Waals surface area contributed by atoms with Crippen molar-refractivity contribution in [1.82, 2.24) is 10.2 Å². The van der Waals surface area contributed by atoms with Crippen molar-refractivity contribution in [3.8, 4) is 23.0 Å². The summed E-state index contributed by atoms with van der Waals surface area (Å²) in [6, 6.07) is 17.4. The van der Waals surface area contributed by atoms with Crippen LogP contribution in [0.5, 0.6) is 11.5 Å². The van der Waals surface area contributed by atoms with Gasteiger partial charge in [-0.1, -0.05) is 18.2 Å². The molecule has 1 aromatic heterocycles. The van der Waals surface area contributed by atoms with Gasteiger partial charge in [-0.2, -0.15) is 0 Å². The average molecular weight is 385 g/mol. The topological polar surface area (TPSA) is 83.4 Å². The number of thioether (sulfide) groups is 1. The Kier molecular flexibility index (Phi) is 7.56. The maximum absolute atomic E-state index is 5.73. The summed E-state index contributed by atoms with van der Waals surface area (Å²) >= 11 is 1.70. The molecule has 0 aliphatic rings. The highest BCUT2D eigenvalue weighted by Gasteiger charge is 2.09. The van der Waals surface area contributed by atoms with E-state index in [0.29, 0.717) is 37.3 Å². The Bertz CT molecular complexity index is 794. The zero-order valence-electron chi connectivity index (χ0n) is 15.0. The molecule has 3 rings (SSSR count). The van der Waals surface area contributed by atoms with Crippen LogP contribution in [-0.4, -0.2) is 35.7 Å². The Morgan fingerprint density at radius 3 is 2.41 bits per heavy atom. The van der Waals surface area contributed by atoms with Gasteiger partial charge in [0, 0.05) is 11.3 Å². The molecule has 0 bridgehead atoms. The minimum absolute atomic E-state index is 0.514. The number of nitrogens with zero attached hydrogens (tertiary/aromatic N) is 2. The van der Waals surface area contributed by atoms with E-state index in [2.05, 4.69) is 10.2 Å². The maximum Gasteiger partial charge on any atom is 0.247 e. The normalized spacial score (nSPS) is 10.7. The Hall–Kier alpha value is -2.51. The highest BCUT2D eigenvalue weighted by molar-refractivity contribution is 7.98. The van der Waals surface area contributed by atoms with Crippen LogP contribution in [0.3, 0.4) is 0 Å². The van der Waals surface area contributed by atoms with E-state index in [1.54, 1.807) is 11.8 Å². The SMILES string of the molecule is NCCCOc1ccc(-c2nnc(CSCCOc3ccccc3)o2)cc1. The fraction of sp³-hybridized carbons (Fsp3) is 0.300. The van der Waals surface area contributed by atoms with Gasteiger partial charge in [0.05, 0.1) is 19.0 Å². The fourth-order valence-corrected chi connectivity index (χ4v) is 2.93. The number of nitrogens with two attached hydrogens (primary N) is 1. The van der Waals surface area contributed by atoms with Gasteiger partial charge in [-0.25, -0.2) is 0 Å². The van der Waals surface area contributed by atoms with E-state index in [-0.39, 0.29) is 0 Å². The van der Waals surface area contributed by atoms with E-state index >= 15 is 0 Å². The van der Waals surface area contributed by atoms with Crippen LogP contribution in [0.2, 0.25) is 0 Å². The van der Waals surface area contributed by atoms with E-state index in [1.807, 2.05) is 54.6 Å². The van der Waals surface area contributed by atoms with E-state index in [1.165, 1.54) is 0 Å². The summed E-state index contributed by atoms with van der Waals surface area (Å²) in [7, 11) is 0. The molecule has 2 aromatic carbocycles. The van der Waals surface area contributed by atoms with E-state index in [0.717, 1.165) is 29.2 Å². The van der Waals surface area contributed by atoms with Gasteiger partial charge < -0.3 is 19.6 Å². The number of para-hydroxylation sites is 1. The number of ether oxygens (including phenoxy) is 2. The highest BCUT2D eigenvalue weighted by atomic mass is 32.2. The molecule has 7 heteroatoms. The monoisotopic (exact) mass is 385 g/mol. The quantitative estimate of drug-likeness (QED) is 0.503. The van der Waals surface area contributed by atoms with Crippen LogP contribution in [0, 0.1) is 0 Å². The minimum Gasteiger partial charge on any atom is -0.494 e. The lowest BCUT2D eigenvalue weighted by atomic mass is 10.2. The molecule has 2 N–H and O–H groups in total. The second-order valence-corrected chi connectivity index (χ2v) is 6.84. The second-order valence-electron chi connectivity index (χ2n) is 5.73. The van der Waals surface area contributed by atoms with E-state index in [9.17, 15) is 0 Å². The summed E-state index contributed by atoms with van der Waals surface area (Å²) in [4.78, 5) is 0. The standard InChI is InChI=1S/C20H23N3O3S/c21-11-4-12-24-18-9-7-16(8-10-18)20-23-22-19(26-20)15-27-14-13-25-17-5-2-1-3-6-17/h1-3,5-10H,4,11-15,21H2. The van der Waals surface area contributed by atoms with Crippen LogP contribution in [0.4, 0.5) is 0 Å². The highest BCUT2D eigenvalue weighted by Crippen LogP contribution is 2.22. The molecule has 0 aliphatic heterocycles. The van der Waals surface area contributed by atoms with Crippen molar-refractivity contribution in [2.24, 2.45) is 5.73 Å². The Labute approximate surface area is 163 Å². The number of hydrogen-bond acceptors (Lipinski definition) is 7. The molecule has 6 nitrogen and oxygen atoms in total. The van der Waals surface area contributed by atoms with Gasteiger partial charge >= 0.3 is 0 Å². The Morgan fingerprint density at radius 2 is 1.63 bits per heavy atom. The molecular weight excluding hydrogens is 362 g/mol. The molecule has 0 atom stereocenters. The van der Waals surface area contributed by atoms with E-state index in [4.69, 9.17) is 19.6 Å². The number of rotatable bonds is 11. The predicted molar refractivity (Wildman–Crippen MR) is 107 cm³/mol. The maximum atomic E-state index is 5.73. The van der Waals surface area contributed by atoms with Crippen molar-refractivity contribution in [2.45, 2.75) is 12.2 Å². The summed E-state index contributed by atoms with van der Waals surface area (Å²) in [6.45, 7) is 1.88. The third kappa shape index (κ3) is 6.30. The molecule has 142 valence electrons. The van der Waals surface area contributed by atoms with Crippen LogP contribution < -0.4 is 15.2 Å². The van der Waals surface area contributed by atoms with Crippen LogP contribution >= 0.6 is 11.8 Å². The molecule has 27 heavy (non-hydrogen) atoms. The molecule has 0 saturated heterocycles. The second kappa shape index (κ2) is 10.6. The molecule has 0 radical (unpaired) electrons. The number of aromatic nitrogens is 2. The van der Waals surface area contributed by atoms with Crippen LogP contribution in [-0.2, 0) is 5.75 Å². The molecule has 3 aromatic rings. The molecule has 0 saturated carbocycles. The third-order valence-corrected chi connectivity index (χ3v) is 4.56. The van der Waals surface area contributed by atoms with Gasteiger partial charge in [-0.05, 0) is 49.4 Å². The zero-order valence-corrected chi connectivity index (χ0v) is 15.9. The molecule has 0 fully saturated rings. The summed E-state index contributed by atoms with van der Waals surface area (Å²) in [5.41, 5.74) is 6.33. The summed E-state index contributed by atoms with van der Waals surface area (Å²) in [5.74, 6) is 4.32. The van der Waals surface area contributed by atoms with Crippen molar-refractivity contribution in [2.75, 3.05) is 25.5 Å². The minimum atomic E-state index is 0.514. The number of benzene rings is 2. The lowest BCUT2D eigenvalue weighted by molar-refractivity contribution is 0.313. The molecule has 0 spiro atoms. The lowest BCUT2D eigenvalue weighted by Crippen LogP contribution is -2.05. The van der Waals surface area contributed by atoms with Gasteiger partial charge in [-0.3, -0.25) is 0 Å². The fourth-order valence-electron chi connectivity index (χ4n) is 2.29. The van der Waals surface area contributed by atoms with Gasteiger partial charge in [0.2, 0.25) is 11.8 Å². The first-order valence-electron chi connectivity index (χ1n) is 8.86. The molecule has 0 unspecified atom stereocenters. The predicted octanol–water partition coefficient (Wildman–Crippen LogP) is 3.78.